The predicted octanol–water partition coefficient (Wildman–Crippen LogP) is 2.99. The molecular formula is C31H60O13. The third kappa shape index (κ3) is 36.8. The molecule has 0 atom stereocenters. The summed E-state index contributed by atoms with van der Waals surface area (Å²) in [7, 11) is 0. The summed E-state index contributed by atoms with van der Waals surface area (Å²) >= 11 is 0. The minimum atomic E-state index is -0.512. The fraction of sp³-hybridized carbons (Fsp3) is 0.935. The molecule has 0 fully saturated rings. The summed E-state index contributed by atoms with van der Waals surface area (Å²) in [5.74, 6) is -0.544. The van der Waals surface area contributed by atoms with Crippen LogP contribution in [0.15, 0.2) is 0 Å². The van der Waals surface area contributed by atoms with Gasteiger partial charge in [0.2, 0.25) is 0 Å². The fourth-order valence-electron chi connectivity index (χ4n) is 3.27. The Morgan fingerprint density at radius 1 is 0.432 bits per heavy atom. The Morgan fingerprint density at radius 3 is 1.11 bits per heavy atom. The first-order chi connectivity index (χ1) is 21.3. The Balaban J connectivity index is 3.14. The summed E-state index contributed by atoms with van der Waals surface area (Å²) in [6.07, 6.45) is 4.74. The van der Waals surface area contributed by atoms with Gasteiger partial charge in [-0.25, -0.2) is 4.79 Å². The Hall–Kier alpha value is -1.42. The van der Waals surface area contributed by atoms with Gasteiger partial charge < -0.3 is 52.1 Å². The van der Waals surface area contributed by atoms with Crippen molar-refractivity contribution in [2.75, 3.05) is 126 Å². The zero-order valence-corrected chi connectivity index (χ0v) is 27.8. The van der Waals surface area contributed by atoms with Gasteiger partial charge in [-0.2, -0.15) is 0 Å². The van der Waals surface area contributed by atoms with Gasteiger partial charge in [-0.05, 0) is 27.2 Å². The average Bonchev–Trinajstić information content (AvgIpc) is 2.97. The van der Waals surface area contributed by atoms with Gasteiger partial charge in [-0.1, -0.05) is 26.2 Å². The number of ether oxygens (including phenoxy) is 11. The van der Waals surface area contributed by atoms with E-state index >= 15 is 0 Å². The number of hydrogen-bond donors (Lipinski definition) is 0. The van der Waals surface area contributed by atoms with Crippen molar-refractivity contribution in [1.82, 2.24) is 0 Å². The molecule has 13 nitrogen and oxygen atoms in total. The number of carbonyl (C=O) groups excluding carboxylic acids is 2. The van der Waals surface area contributed by atoms with E-state index in [4.69, 9.17) is 52.1 Å². The van der Waals surface area contributed by atoms with Crippen molar-refractivity contribution in [3.05, 3.63) is 0 Å². The molecule has 0 radical (unpaired) electrons. The molecule has 0 aromatic carbocycles. The van der Waals surface area contributed by atoms with Crippen LogP contribution in [-0.4, -0.2) is 143 Å². The minimum absolute atomic E-state index is 0.0847. The summed E-state index contributed by atoms with van der Waals surface area (Å²) in [4.78, 5) is 23.0. The van der Waals surface area contributed by atoms with E-state index in [0.29, 0.717) is 119 Å². The second-order valence-electron chi connectivity index (χ2n) is 10.6. The lowest BCUT2D eigenvalue weighted by atomic mass is 10.2. The van der Waals surface area contributed by atoms with Crippen LogP contribution in [-0.2, 0) is 61.7 Å². The second kappa shape index (κ2) is 33.0. The van der Waals surface area contributed by atoms with Crippen LogP contribution >= 0.6 is 0 Å². The molecule has 0 aromatic heterocycles. The molecule has 0 rings (SSSR count). The lowest BCUT2D eigenvalue weighted by Gasteiger charge is -2.19. The quantitative estimate of drug-likeness (QED) is 0.0754. The van der Waals surface area contributed by atoms with Gasteiger partial charge in [0.15, 0.2) is 0 Å². The Bertz CT molecular complexity index is 628. The van der Waals surface area contributed by atoms with Crippen molar-refractivity contribution in [2.24, 2.45) is 0 Å². The first-order valence-electron chi connectivity index (χ1n) is 15.9. The molecule has 0 amide bonds. The lowest BCUT2D eigenvalue weighted by Crippen LogP contribution is -2.27. The molecular weight excluding hydrogens is 580 g/mol. The van der Waals surface area contributed by atoms with Crippen LogP contribution in [0.1, 0.15) is 59.8 Å². The predicted molar refractivity (Wildman–Crippen MR) is 163 cm³/mol. The smallest absolute Gasteiger partial charge is 0.332 e. The van der Waals surface area contributed by atoms with Gasteiger partial charge in [-0.3, -0.25) is 4.79 Å². The highest BCUT2D eigenvalue weighted by Gasteiger charge is 2.15. The van der Waals surface area contributed by atoms with Gasteiger partial charge in [0, 0.05) is 6.42 Å². The Kier molecular flexibility index (Phi) is 31.9. The topological polar surface area (TPSA) is 136 Å². The van der Waals surface area contributed by atoms with E-state index in [1.165, 1.54) is 0 Å². The molecule has 0 N–H and O–H groups in total. The highest BCUT2D eigenvalue weighted by atomic mass is 16.6. The maximum atomic E-state index is 11.5. The van der Waals surface area contributed by atoms with Gasteiger partial charge in [0.1, 0.15) is 18.8 Å². The largest absolute Gasteiger partial charge is 0.463 e. The first kappa shape index (κ1) is 42.6. The summed E-state index contributed by atoms with van der Waals surface area (Å²) in [6, 6.07) is 0. The monoisotopic (exact) mass is 640 g/mol. The van der Waals surface area contributed by atoms with Gasteiger partial charge in [-0.15, -0.1) is 0 Å². The van der Waals surface area contributed by atoms with Crippen molar-refractivity contribution in [2.45, 2.75) is 65.4 Å². The molecule has 0 aliphatic rings. The van der Waals surface area contributed by atoms with Crippen molar-refractivity contribution in [3.8, 4) is 0 Å². The number of carbonyl (C=O) groups is 2. The minimum Gasteiger partial charge on any atom is -0.463 e. The number of rotatable bonds is 34. The van der Waals surface area contributed by atoms with Gasteiger partial charge >= 0.3 is 11.9 Å². The normalized spacial score (nSPS) is 11.6. The molecule has 13 heteroatoms. The maximum Gasteiger partial charge on any atom is 0.332 e. The van der Waals surface area contributed by atoms with Crippen LogP contribution in [0.2, 0.25) is 0 Å². The van der Waals surface area contributed by atoms with Crippen molar-refractivity contribution >= 4 is 11.9 Å². The fourth-order valence-corrected chi connectivity index (χ4v) is 3.27. The van der Waals surface area contributed by atoms with Crippen LogP contribution in [0.5, 0.6) is 0 Å². The third-order valence-corrected chi connectivity index (χ3v) is 5.34. The SMILES string of the molecule is CCCCCCC(=O)OCCOCCOCCOCCOCCOCCOCCOCCOCCOCC(=O)OC(C)(C)C. The van der Waals surface area contributed by atoms with Crippen molar-refractivity contribution in [3.63, 3.8) is 0 Å². The standard InChI is InChI=1S/C31H60O13/c1-5-6-7-8-9-29(32)43-27-26-41-23-22-39-19-18-37-15-14-35-11-10-34-12-13-36-16-17-38-20-21-40-24-25-42-28-30(33)44-31(2,3)4/h5-28H2,1-4H3. The summed E-state index contributed by atoms with van der Waals surface area (Å²) in [5, 5.41) is 0. The van der Waals surface area contributed by atoms with Crippen molar-refractivity contribution < 1.29 is 61.7 Å². The highest BCUT2D eigenvalue weighted by molar-refractivity contribution is 5.71. The van der Waals surface area contributed by atoms with E-state index in [1.54, 1.807) is 0 Å². The molecule has 0 aliphatic carbocycles. The Morgan fingerprint density at radius 2 is 0.773 bits per heavy atom. The number of unbranched alkanes of at least 4 members (excludes halogenated alkanes) is 3. The molecule has 0 bridgehead atoms. The van der Waals surface area contributed by atoms with E-state index in [-0.39, 0.29) is 25.2 Å². The van der Waals surface area contributed by atoms with Crippen LogP contribution in [0.3, 0.4) is 0 Å². The van der Waals surface area contributed by atoms with Gasteiger partial charge in [0.05, 0.1) is 112 Å². The number of hydrogen-bond acceptors (Lipinski definition) is 13. The van der Waals surface area contributed by atoms with E-state index in [9.17, 15) is 9.59 Å². The van der Waals surface area contributed by atoms with Crippen LogP contribution < -0.4 is 0 Å². The molecule has 0 spiro atoms. The molecule has 262 valence electrons. The highest BCUT2D eigenvalue weighted by Crippen LogP contribution is 2.06. The summed E-state index contributed by atoms with van der Waals surface area (Å²) in [5.41, 5.74) is -0.512. The second-order valence-corrected chi connectivity index (χ2v) is 10.6. The summed E-state index contributed by atoms with van der Waals surface area (Å²) < 4.78 is 58.9. The van der Waals surface area contributed by atoms with Crippen molar-refractivity contribution in [1.29, 1.82) is 0 Å². The van der Waals surface area contributed by atoms with E-state index < -0.39 is 5.60 Å². The first-order valence-corrected chi connectivity index (χ1v) is 15.9. The molecule has 0 aromatic rings. The van der Waals surface area contributed by atoms with Crippen LogP contribution in [0.25, 0.3) is 0 Å². The Labute approximate surface area is 264 Å². The third-order valence-electron chi connectivity index (χ3n) is 5.34. The van der Waals surface area contributed by atoms with Crippen LogP contribution in [0, 0.1) is 0 Å². The van der Waals surface area contributed by atoms with E-state index in [0.717, 1.165) is 25.7 Å². The zero-order chi connectivity index (χ0) is 32.4. The zero-order valence-electron chi connectivity index (χ0n) is 27.8. The molecule has 0 saturated carbocycles. The van der Waals surface area contributed by atoms with E-state index in [1.807, 2.05) is 20.8 Å². The molecule has 0 unspecified atom stereocenters. The number of esters is 2. The molecule has 0 saturated heterocycles. The van der Waals surface area contributed by atoms with Gasteiger partial charge in [0.25, 0.3) is 0 Å². The van der Waals surface area contributed by atoms with Crippen LogP contribution in [0.4, 0.5) is 0 Å². The average molecular weight is 641 g/mol. The lowest BCUT2D eigenvalue weighted by molar-refractivity contribution is -0.160. The molecule has 0 aliphatic heterocycles. The molecule has 0 heterocycles. The maximum absolute atomic E-state index is 11.5. The summed E-state index contributed by atoms with van der Waals surface area (Å²) in [6.45, 7) is 15.5. The molecule has 44 heavy (non-hydrogen) atoms. The van der Waals surface area contributed by atoms with E-state index in [2.05, 4.69) is 6.92 Å².